The summed E-state index contributed by atoms with van der Waals surface area (Å²) in [5, 5.41) is 10.5. The lowest BCUT2D eigenvalue weighted by Gasteiger charge is -2.44. The fraction of sp³-hybridized carbons (Fsp3) is 0.778. The molecule has 0 heterocycles. The molecule has 0 aromatic rings. The van der Waals surface area contributed by atoms with Gasteiger partial charge in [-0.25, -0.2) is 0 Å². The SMILES string of the molecule is CCOC(=O)C1(C(=O)OCC)C=C[C@](C)([C@H](O)C(C)C)C[C@@H]1C. The van der Waals surface area contributed by atoms with Crippen LogP contribution < -0.4 is 0 Å². The number of aliphatic hydroxyl groups is 1. The van der Waals surface area contributed by atoms with E-state index in [-0.39, 0.29) is 25.0 Å². The average Bonchev–Trinajstić information content (AvgIpc) is 2.47. The predicted molar refractivity (Wildman–Crippen MR) is 87.6 cm³/mol. The second kappa shape index (κ2) is 7.47. The minimum atomic E-state index is -1.43. The highest BCUT2D eigenvalue weighted by Crippen LogP contribution is 2.48. The van der Waals surface area contributed by atoms with Gasteiger partial charge in [-0.05, 0) is 32.1 Å². The molecule has 1 N–H and O–H groups in total. The first-order valence-corrected chi connectivity index (χ1v) is 8.38. The Hall–Kier alpha value is -1.36. The maximum absolute atomic E-state index is 12.5. The van der Waals surface area contributed by atoms with Gasteiger partial charge in [-0.2, -0.15) is 0 Å². The zero-order chi connectivity index (χ0) is 17.8. The molecule has 0 unspecified atom stereocenters. The molecule has 132 valence electrons. The molecule has 0 radical (unpaired) electrons. The zero-order valence-electron chi connectivity index (χ0n) is 15.1. The van der Waals surface area contributed by atoms with Gasteiger partial charge in [0.15, 0.2) is 5.41 Å². The molecule has 5 heteroatoms. The van der Waals surface area contributed by atoms with Gasteiger partial charge < -0.3 is 14.6 Å². The molecular formula is C18H30O5. The van der Waals surface area contributed by atoms with Crippen LogP contribution >= 0.6 is 0 Å². The van der Waals surface area contributed by atoms with Gasteiger partial charge in [0.25, 0.3) is 0 Å². The van der Waals surface area contributed by atoms with E-state index in [1.165, 1.54) is 0 Å². The van der Waals surface area contributed by atoms with E-state index < -0.39 is 28.9 Å². The minimum Gasteiger partial charge on any atom is -0.465 e. The number of esters is 2. The third kappa shape index (κ3) is 3.60. The van der Waals surface area contributed by atoms with Crippen molar-refractivity contribution >= 4 is 11.9 Å². The van der Waals surface area contributed by atoms with Crippen molar-refractivity contribution in [2.75, 3.05) is 13.2 Å². The van der Waals surface area contributed by atoms with Crippen molar-refractivity contribution in [3.63, 3.8) is 0 Å². The molecule has 1 aliphatic carbocycles. The Morgan fingerprint density at radius 1 is 1.17 bits per heavy atom. The number of carbonyl (C=O) groups is 2. The smallest absolute Gasteiger partial charge is 0.327 e. The summed E-state index contributed by atoms with van der Waals surface area (Å²) in [6, 6.07) is 0. The van der Waals surface area contributed by atoms with Crippen molar-refractivity contribution in [1.29, 1.82) is 0 Å². The Morgan fingerprint density at radius 2 is 1.65 bits per heavy atom. The van der Waals surface area contributed by atoms with Gasteiger partial charge in [-0.15, -0.1) is 0 Å². The molecule has 0 fully saturated rings. The lowest BCUT2D eigenvalue weighted by atomic mass is 9.60. The number of hydrogen-bond acceptors (Lipinski definition) is 5. The Bertz CT molecular complexity index is 450. The molecule has 0 spiro atoms. The van der Waals surface area contributed by atoms with E-state index in [9.17, 15) is 14.7 Å². The number of hydrogen-bond donors (Lipinski definition) is 1. The van der Waals surface area contributed by atoms with Crippen LogP contribution in [0.25, 0.3) is 0 Å². The van der Waals surface area contributed by atoms with Gasteiger partial charge in [0.05, 0.1) is 19.3 Å². The molecule has 0 aromatic heterocycles. The van der Waals surface area contributed by atoms with E-state index in [1.807, 2.05) is 27.7 Å². The lowest BCUT2D eigenvalue weighted by Crippen LogP contribution is -2.51. The summed E-state index contributed by atoms with van der Waals surface area (Å²) in [6.45, 7) is 11.5. The number of rotatable bonds is 6. The summed E-state index contributed by atoms with van der Waals surface area (Å²) in [5.74, 6) is -1.41. The fourth-order valence-corrected chi connectivity index (χ4v) is 3.48. The lowest BCUT2D eigenvalue weighted by molar-refractivity contribution is -0.173. The molecular weight excluding hydrogens is 296 g/mol. The van der Waals surface area contributed by atoms with Crippen LogP contribution in [0.15, 0.2) is 12.2 Å². The average molecular weight is 326 g/mol. The van der Waals surface area contributed by atoms with Crippen LogP contribution in [-0.4, -0.2) is 36.4 Å². The third-order valence-electron chi connectivity index (χ3n) is 4.78. The quantitative estimate of drug-likeness (QED) is 0.461. The van der Waals surface area contributed by atoms with Gasteiger partial charge in [0.1, 0.15) is 0 Å². The van der Waals surface area contributed by atoms with Crippen molar-refractivity contribution in [1.82, 2.24) is 0 Å². The Morgan fingerprint density at radius 3 is 2.00 bits per heavy atom. The highest BCUT2D eigenvalue weighted by Gasteiger charge is 2.56. The Balaban J connectivity index is 3.28. The number of ether oxygens (including phenoxy) is 2. The normalized spacial score (nSPS) is 27.6. The van der Waals surface area contributed by atoms with E-state index in [4.69, 9.17) is 9.47 Å². The monoisotopic (exact) mass is 326 g/mol. The molecule has 0 bridgehead atoms. The fourth-order valence-electron chi connectivity index (χ4n) is 3.48. The van der Waals surface area contributed by atoms with Crippen molar-refractivity contribution in [2.24, 2.45) is 22.7 Å². The topological polar surface area (TPSA) is 72.8 Å². The zero-order valence-corrected chi connectivity index (χ0v) is 15.1. The molecule has 0 saturated heterocycles. The van der Waals surface area contributed by atoms with Crippen LogP contribution in [0.3, 0.4) is 0 Å². The molecule has 0 saturated carbocycles. The van der Waals surface area contributed by atoms with Gasteiger partial charge in [0, 0.05) is 5.41 Å². The maximum Gasteiger partial charge on any atom is 0.327 e. The van der Waals surface area contributed by atoms with Gasteiger partial charge in [-0.3, -0.25) is 9.59 Å². The van der Waals surface area contributed by atoms with Crippen LogP contribution in [0.2, 0.25) is 0 Å². The van der Waals surface area contributed by atoms with Crippen molar-refractivity contribution in [3.8, 4) is 0 Å². The van der Waals surface area contributed by atoms with Crippen LogP contribution in [0.4, 0.5) is 0 Å². The molecule has 5 nitrogen and oxygen atoms in total. The van der Waals surface area contributed by atoms with Gasteiger partial charge in [-0.1, -0.05) is 39.8 Å². The first-order valence-electron chi connectivity index (χ1n) is 8.38. The third-order valence-corrected chi connectivity index (χ3v) is 4.78. The molecule has 3 atom stereocenters. The molecule has 1 rings (SSSR count). The van der Waals surface area contributed by atoms with Crippen molar-refractivity contribution in [3.05, 3.63) is 12.2 Å². The number of carbonyl (C=O) groups excluding carboxylic acids is 2. The van der Waals surface area contributed by atoms with E-state index >= 15 is 0 Å². The van der Waals surface area contributed by atoms with E-state index in [1.54, 1.807) is 26.0 Å². The largest absolute Gasteiger partial charge is 0.465 e. The molecule has 1 aliphatic rings. The standard InChI is InChI=1S/C18H30O5/c1-7-22-15(20)18(16(21)23-8-2)10-9-17(6,11-13(18)5)14(19)12(3)4/h9-10,12-14,19H,7-8,11H2,1-6H3/t13-,14+,17-/m0/s1. The minimum absolute atomic E-state index is 0.0783. The molecule has 0 amide bonds. The van der Waals surface area contributed by atoms with Crippen LogP contribution in [-0.2, 0) is 19.1 Å². The number of aliphatic hydroxyl groups excluding tert-OH is 1. The van der Waals surface area contributed by atoms with Crippen molar-refractivity contribution in [2.45, 2.75) is 54.1 Å². The van der Waals surface area contributed by atoms with Crippen LogP contribution in [0, 0.1) is 22.7 Å². The van der Waals surface area contributed by atoms with E-state index in [0.29, 0.717) is 6.42 Å². The van der Waals surface area contributed by atoms with Gasteiger partial charge >= 0.3 is 11.9 Å². The maximum atomic E-state index is 12.5. The summed E-state index contributed by atoms with van der Waals surface area (Å²) in [5.41, 5.74) is -1.92. The first kappa shape index (κ1) is 19.7. The molecule has 0 aliphatic heterocycles. The summed E-state index contributed by atoms with van der Waals surface area (Å²) >= 11 is 0. The first-order chi connectivity index (χ1) is 10.7. The Kier molecular flexibility index (Phi) is 6.40. The Labute approximate surface area is 139 Å². The predicted octanol–water partition coefficient (Wildman–Crippen LogP) is 2.72. The highest BCUT2D eigenvalue weighted by atomic mass is 16.6. The summed E-state index contributed by atoms with van der Waals surface area (Å²) in [4.78, 5) is 25.0. The van der Waals surface area contributed by atoms with Crippen LogP contribution in [0.5, 0.6) is 0 Å². The summed E-state index contributed by atoms with van der Waals surface area (Å²) < 4.78 is 10.3. The second-order valence-corrected chi connectivity index (χ2v) is 6.94. The highest BCUT2D eigenvalue weighted by molar-refractivity contribution is 6.03. The summed E-state index contributed by atoms with van der Waals surface area (Å²) in [6.07, 6.45) is 3.32. The van der Waals surface area contributed by atoms with Crippen LogP contribution in [0.1, 0.15) is 48.0 Å². The van der Waals surface area contributed by atoms with E-state index in [0.717, 1.165) is 0 Å². The molecule has 0 aromatic carbocycles. The van der Waals surface area contributed by atoms with E-state index in [2.05, 4.69) is 0 Å². The van der Waals surface area contributed by atoms with Crippen molar-refractivity contribution < 1.29 is 24.2 Å². The second-order valence-electron chi connectivity index (χ2n) is 6.94. The van der Waals surface area contributed by atoms with Gasteiger partial charge in [0.2, 0.25) is 0 Å². The molecule has 23 heavy (non-hydrogen) atoms. The summed E-state index contributed by atoms with van der Waals surface area (Å²) in [7, 11) is 0.